The van der Waals surface area contributed by atoms with Crippen molar-refractivity contribution in [3.05, 3.63) is 11.0 Å². The van der Waals surface area contributed by atoms with Gasteiger partial charge in [0, 0.05) is 5.25 Å². The van der Waals surface area contributed by atoms with Gasteiger partial charge in [-0.05, 0) is 42.4 Å². The first-order valence-corrected chi connectivity index (χ1v) is 9.70. The molecule has 0 bridgehead atoms. The second-order valence-corrected chi connectivity index (χ2v) is 8.40. The molecule has 1 aliphatic heterocycles. The maximum Gasteiger partial charge on any atom is 0.0373 e. The molecule has 2 heteroatoms. The molecule has 17 heavy (non-hydrogen) atoms. The monoisotopic (exact) mass is 268 g/mol. The molecule has 1 unspecified atom stereocenters. The van der Waals surface area contributed by atoms with E-state index in [1.807, 2.05) is 0 Å². The highest BCUT2D eigenvalue weighted by Gasteiger charge is 2.30. The lowest BCUT2D eigenvalue weighted by molar-refractivity contribution is 0.366. The molecule has 0 aromatic rings. The van der Waals surface area contributed by atoms with Gasteiger partial charge in [0.2, 0.25) is 0 Å². The molecule has 2 saturated carbocycles. The van der Waals surface area contributed by atoms with Crippen molar-refractivity contribution in [1.82, 2.24) is 0 Å². The Kier molecular flexibility index (Phi) is 4.44. The van der Waals surface area contributed by atoms with Crippen LogP contribution in [-0.4, -0.2) is 5.25 Å². The van der Waals surface area contributed by atoms with Crippen molar-refractivity contribution < 1.29 is 0 Å². The Bertz CT molecular complexity index is 273. The predicted molar refractivity (Wildman–Crippen MR) is 80.2 cm³/mol. The van der Waals surface area contributed by atoms with Gasteiger partial charge in [-0.2, -0.15) is 0 Å². The van der Waals surface area contributed by atoms with Gasteiger partial charge in [-0.25, -0.2) is 0 Å². The summed E-state index contributed by atoms with van der Waals surface area (Å²) in [5.74, 6) is 1.94. The average Bonchev–Trinajstić information content (AvgIpc) is 2.90. The van der Waals surface area contributed by atoms with Gasteiger partial charge in [-0.1, -0.05) is 66.2 Å². The third-order valence-electron chi connectivity index (χ3n) is 4.71. The van der Waals surface area contributed by atoms with Crippen LogP contribution < -0.4 is 0 Å². The Morgan fingerprint density at radius 1 is 0.824 bits per heavy atom. The molecule has 0 spiro atoms. The Morgan fingerprint density at radius 3 is 2.18 bits per heavy atom. The molecule has 0 saturated heterocycles. The van der Waals surface area contributed by atoms with Crippen molar-refractivity contribution in [2.24, 2.45) is 11.8 Å². The Balaban J connectivity index is 1.59. The maximum atomic E-state index is 2.67. The van der Waals surface area contributed by atoms with Crippen LogP contribution in [0.15, 0.2) is 11.0 Å². The first kappa shape index (κ1) is 12.5. The number of hydrogen-bond donors (Lipinski definition) is 0. The zero-order chi connectivity index (χ0) is 11.5. The van der Waals surface area contributed by atoms with Gasteiger partial charge in [0.1, 0.15) is 0 Å². The molecule has 0 nitrogen and oxygen atoms in total. The predicted octanol–water partition coefficient (Wildman–Crippen LogP) is 5.79. The molecule has 3 rings (SSSR count). The van der Waals surface area contributed by atoms with E-state index < -0.39 is 0 Å². The van der Waals surface area contributed by atoms with Crippen molar-refractivity contribution in [3.8, 4) is 0 Å². The number of hydrogen-bond acceptors (Lipinski definition) is 2. The number of allylic oxidation sites excluding steroid dienone is 1. The summed E-state index contributed by atoms with van der Waals surface area (Å²) in [6, 6.07) is 0. The van der Waals surface area contributed by atoms with E-state index in [1.165, 1.54) is 64.2 Å². The molecule has 1 heterocycles. The summed E-state index contributed by atoms with van der Waals surface area (Å²) in [4.78, 5) is 1.75. The molecule has 0 radical (unpaired) electrons. The second-order valence-electron chi connectivity index (χ2n) is 5.95. The van der Waals surface area contributed by atoms with E-state index >= 15 is 0 Å². The van der Waals surface area contributed by atoms with Crippen molar-refractivity contribution in [2.45, 2.75) is 69.5 Å². The molecular formula is C15H24S2. The molecule has 2 aliphatic carbocycles. The number of rotatable bonds is 2. The fraction of sp³-hybridized carbons (Fsp3) is 0.867. The lowest BCUT2D eigenvalue weighted by atomic mass is 9.85. The SMILES string of the molecule is C1=C(C2CCCCC2)SSC1C1CCCCC1. The van der Waals surface area contributed by atoms with Gasteiger partial charge >= 0.3 is 0 Å². The molecule has 3 aliphatic rings. The molecule has 0 aromatic heterocycles. The van der Waals surface area contributed by atoms with Gasteiger partial charge in [0.15, 0.2) is 0 Å². The first-order chi connectivity index (χ1) is 8.43. The zero-order valence-electron chi connectivity index (χ0n) is 10.7. The molecule has 96 valence electrons. The van der Waals surface area contributed by atoms with Crippen LogP contribution in [0.3, 0.4) is 0 Å². The van der Waals surface area contributed by atoms with Gasteiger partial charge < -0.3 is 0 Å². The summed E-state index contributed by atoms with van der Waals surface area (Å²) in [6.07, 6.45) is 17.5. The highest BCUT2D eigenvalue weighted by atomic mass is 33.1. The fourth-order valence-electron chi connectivity index (χ4n) is 3.60. The van der Waals surface area contributed by atoms with E-state index in [9.17, 15) is 0 Å². The topological polar surface area (TPSA) is 0 Å². The van der Waals surface area contributed by atoms with Gasteiger partial charge in [-0.3, -0.25) is 0 Å². The smallest absolute Gasteiger partial charge is 0.0373 e. The Morgan fingerprint density at radius 2 is 1.47 bits per heavy atom. The van der Waals surface area contributed by atoms with Crippen LogP contribution in [0.4, 0.5) is 0 Å². The van der Waals surface area contributed by atoms with E-state index in [1.54, 1.807) is 4.91 Å². The minimum absolute atomic E-state index is 0.859. The summed E-state index contributed by atoms with van der Waals surface area (Å²) >= 11 is 0. The summed E-state index contributed by atoms with van der Waals surface area (Å²) in [5.41, 5.74) is 0. The minimum atomic E-state index is 0.859. The van der Waals surface area contributed by atoms with E-state index in [-0.39, 0.29) is 0 Å². The van der Waals surface area contributed by atoms with Crippen LogP contribution in [-0.2, 0) is 0 Å². The van der Waals surface area contributed by atoms with Crippen LogP contribution in [0.5, 0.6) is 0 Å². The third-order valence-corrected chi connectivity index (χ3v) is 7.74. The molecule has 0 N–H and O–H groups in total. The van der Waals surface area contributed by atoms with Crippen molar-refractivity contribution in [2.75, 3.05) is 0 Å². The van der Waals surface area contributed by atoms with Gasteiger partial charge in [-0.15, -0.1) is 0 Å². The molecule has 0 aromatic carbocycles. The van der Waals surface area contributed by atoms with E-state index in [0.717, 1.165) is 17.1 Å². The van der Waals surface area contributed by atoms with E-state index in [4.69, 9.17) is 0 Å². The largest absolute Gasteiger partial charge is 0.0813 e. The third kappa shape index (κ3) is 3.07. The second kappa shape index (κ2) is 6.06. The van der Waals surface area contributed by atoms with Gasteiger partial charge in [0.05, 0.1) is 0 Å². The Labute approximate surface area is 114 Å². The summed E-state index contributed by atoms with van der Waals surface area (Å²) in [6.45, 7) is 0. The zero-order valence-corrected chi connectivity index (χ0v) is 12.3. The minimum Gasteiger partial charge on any atom is -0.0813 e. The molecular weight excluding hydrogens is 244 g/mol. The van der Waals surface area contributed by atoms with Crippen LogP contribution in [0, 0.1) is 11.8 Å². The Hall–Kier alpha value is 0.440. The summed E-state index contributed by atoms with van der Waals surface area (Å²) in [7, 11) is 4.30. The normalized spacial score (nSPS) is 32.7. The van der Waals surface area contributed by atoms with Crippen LogP contribution in [0.2, 0.25) is 0 Å². The van der Waals surface area contributed by atoms with Crippen molar-refractivity contribution in [3.63, 3.8) is 0 Å². The quantitative estimate of drug-likeness (QED) is 0.581. The fourth-order valence-corrected chi connectivity index (χ4v) is 6.99. The summed E-state index contributed by atoms with van der Waals surface area (Å²) < 4.78 is 0. The summed E-state index contributed by atoms with van der Waals surface area (Å²) in [5, 5.41) is 0.859. The molecule has 2 fully saturated rings. The molecule has 0 amide bonds. The van der Waals surface area contributed by atoms with Crippen LogP contribution >= 0.6 is 21.6 Å². The van der Waals surface area contributed by atoms with Crippen LogP contribution in [0.25, 0.3) is 0 Å². The van der Waals surface area contributed by atoms with Crippen molar-refractivity contribution >= 4 is 21.6 Å². The molecule has 1 atom stereocenters. The van der Waals surface area contributed by atoms with Gasteiger partial charge in [0.25, 0.3) is 0 Å². The lowest BCUT2D eigenvalue weighted by Crippen LogP contribution is -2.16. The lowest BCUT2D eigenvalue weighted by Gasteiger charge is -2.25. The highest BCUT2D eigenvalue weighted by molar-refractivity contribution is 8.78. The van der Waals surface area contributed by atoms with E-state index in [2.05, 4.69) is 27.7 Å². The maximum absolute atomic E-state index is 2.67. The average molecular weight is 268 g/mol. The van der Waals surface area contributed by atoms with Crippen LogP contribution in [0.1, 0.15) is 64.2 Å². The van der Waals surface area contributed by atoms with Crippen molar-refractivity contribution in [1.29, 1.82) is 0 Å². The first-order valence-electron chi connectivity index (χ1n) is 7.48. The standard InChI is InChI=1S/C15H24S2/c1-3-7-12(8-4-1)14-11-15(17-16-14)13-9-5-2-6-10-13/h11-14H,1-10H2. The highest BCUT2D eigenvalue weighted by Crippen LogP contribution is 2.52. The van der Waals surface area contributed by atoms with E-state index in [0.29, 0.717) is 0 Å².